The van der Waals surface area contributed by atoms with Gasteiger partial charge in [-0.25, -0.2) is 4.79 Å². The largest absolute Gasteiger partial charge is 0.493 e. The highest BCUT2D eigenvalue weighted by Crippen LogP contribution is 2.35. The molecule has 0 aliphatic heterocycles. The van der Waals surface area contributed by atoms with Crippen molar-refractivity contribution < 1.29 is 28.6 Å². The number of halogens is 1. The van der Waals surface area contributed by atoms with Crippen LogP contribution in [0, 0.1) is 0 Å². The third-order valence-electron chi connectivity index (χ3n) is 5.46. The van der Waals surface area contributed by atoms with E-state index in [1.807, 2.05) is 12.1 Å². The van der Waals surface area contributed by atoms with Crippen LogP contribution in [-0.2, 0) is 4.84 Å². The lowest BCUT2D eigenvalue weighted by Crippen LogP contribution is -2.11. The molecule has 0 spiro atoms. The first-order valence-electron chi connectivity index (χ1n) is 10.8. The topological polar surface area (TPSA) is 88.5 Å². The van der Waals surface area contributed by atoms with Gasteiger partial charge in [-0.2, -0.15) is 0 Å². The average Bonchev–Trinajstić information content (AvgIpc) is 2.92. The Morgan fingerprint density at radius 2 is 1.47 bits per heavy atom. The van der Waals surface area contributed by atoms with Crippen LogP contribution >= 0.6 is 11.6 Å². The number of carbonyl (C=O) groups is 1. The number of carbonyl (C=O) groups excluding carboxylic acids is 1. The van der Waals surface area contributed by atoms with Crippen molar-refractivity contribution in [1.29, 1.82) is 0 Å². The first-order valence-corrected chi connectivity index (χ1v) is 11.2. The predicted octanol–water partition coefficient (Wildman–Crippen LogP) is 5.53. The SMILES string of the molecule is COc1ccc(/C(=N/OC(=O)c2ccccc2Cl)c2nccc3cc(OC)c(OC)cc23)cc1OC. The lowest BCUT2D eigenvalue weighted by atomic mass is 10.0. The summed E-state index contributed by atoms with van der Waals surface area (Å²) in [4.78, 5) is 22.7. The fraction of sp³-hybridized carbons (Fsp3) is 0.148. The minimum atomic E-state index is -0.710. The summed E-state index contributed by atoms with van der Waals surface area (Å²) in [6, 6.07) is 17.3. The van der Waals surface area contributed by atoms with Crippen molar-refractivity contribution >= 4 is 34.1 Å². The fourth-order valence-electron chi connectivity index (χ4n) is 3.67. The standard InChI is InChI=1S/C27H23ClN2O6/c1-32-21-10-9-17(14-22(21)33-2)25(30-36-27(31)18-7-5-6-8-20(18)28)26-19-15-24(35-4)23(34-3)13-16(19)11-12-29-26/h5-15H,1-4H3/b30-25-. The van der Waals surface area contributed by atoms with Gasteiger partial charge in [0, 0.05) is 17.1 Å². The van der Waals surface area contributed by atoms with E-state index in [2.05, 4.69) is 10.1 Å². The Bertz CT molecular complexity index is 1450. The summed E-state index contributed by atoms with van der Waals surface area (Å²) in [5.74, 6) is 1.37. The normalized spacial score (nSPS) is 11.2. The first-order chi connectivity index (χ1) is 17.5. The minimum absolute atomic E-state index is 0.187. The average molecular weight is 507 g/mol. The highest BCUT2D eigenvalue weighted by molar-refractivity contribution is 6.33. The van der Waals surface area contributed by atoms with Gasteiger partial charge in [0.15, 0.2) is 23.0 Å². The Balaban J connectivity index is 1.90. The Hall–Kier alpha value is -4.30. The third-order valence-corrected chi connectivity index (χ3v) is 5.79. The van der Waals surface area contributed by atoms with Crippen molar-refractivity contribution in [3.8, 4) is 23.0 Å². The summed E-state index contributed by atoms with van der Waals surface area (Å²) >= 11 is 6.16. The van der Waals surface area contributed by atoms with Crippen molar-refractivity contribution in [2.24, 2.45) is 5.16 Å². The molecule has 8 nitrogen and oxygen atoms in total. The lowest BCUT2D eigenvalue weighted by Gasteiger charge is -2.14. The molecule has 1 heterocycles. The van der Waals surface area contributed by atoms with Crippen molar-refractivity contribution in [3.63, 3.8) is 0 Å². The molecule has 4 aromatic rings. The van der Waals surface area contributed by atoms with Crippen LogP contribution in [0.2, 0.25) is 5.02 Å². The van der Waals surface area contributed by atoms with Crippen LogP contribution in [0.4, 0.5) is 0 Å². The number of hydrogen-bond donors (Lipinski definition) is 0. The van der Waals surface area contributed by atoms with Crippen LogP contribution < -0.4 is 18.9 Å². The first kappa shape index (κ1) is 24.8. The second-order valence-electron chi connectivity index (χ2n) is 7.46. The van der Waals surface area contributed by atoms with Gasteiger partial charge in [0.05, 0.1) is 39.0 Å². The van der Waals surface area contributed by atoms with Crippen LogP contribution in [0.15, 0.2) is 72.0 Å². The van der Waals surface area contributed by atoms with E-state index in [0.29, 0.717) is 39.6 Å². The summed E-state index contributed by atoms with van der Waals surface area (Å²) < 4.78 is 21.8. The molecular formula is C27H23ClN2O6. The molecular weight excluding hydrogens is 484 g/mol. The van der Waals surface area contributed by atoms with E-state index in [1.54, 1.807) is 76.1 Å². The maximum Gasteiger partial charge on any atom is 0.367 e. The van der Waals surface area contributed by atoms with Gasteiger partial charge >= 0.3 is 5.97 Å². The summed E-state index contributed by atoms with van der Waals surface area (Å²) in [5, 5.41) is 6.02. The monoisotopic (exact) mass is 506 g/mol. The second-order valence-corrected chi connectivity index (χ2v) is 7.86. The van der Waals surface area contributed by atoms with E-state index in [-0.39, 0.29) is 16.3 Å². The Morgan fingerprint density at radius 3 is 2.17 bits per heavy atom. The molecule has 0 aliphatic carbocycles. The molecule has 36 heavy (non-hydrogen) atoms. The number of rotatable bonds is 8. The highest BCUT2D eigenvalue weighted by Gasteiger charge is 2.20. The highest BCUT2D eigenvalue weighted by atomic mass is 35.5. The summed E-state index contributed by atoms with van der Waals surface area (Å²) in [6.45, 7) is 0. The molecule has 0 saturated carbocycles. The maximum absolute atomic E-state index is 12.8. The van der Waals surface area contributed by atoms with Crippen molar-refractivity contribution in [1.82, 2.24) is 4.98 Å². The molecule has 0 saturated heterocycles. The number of fused-ring (bicyclic) bond motifs is 1. The number of aromatic nitrogens is 1. The molecule has 0 N–H and O–H groups in total. The summed E-state index contributed by atoms with van der Waals surface area (Å²) in [7, 11) is 6.19. The molecule has 9 heteroatoms. The smallest absolute Gasteiger partial charge is 0.367 e. The number of methoxy groups -OCH3 is 4. The molecule has 0 aliphatic rings. The van der Waals surface area contributed by atoms with Gasteiger partial charge in [0.25, 0.3) is 0 Å². The molecule has 1 aromatic heterocycles. The number of nitrogens with zero attached hydrogens (tertiary/aromatic N) is 2. The fourth-order valence-corrected chi connectivity index (χ4v) is 3.88. The quantitative estimate of drug-likeness (QED) is 0.176. The molecule has 184 valence electrons. The Labute approximate surface area is 213 Å². The van der Waals surface area contributed by atoms with Gasteiger partial charge in [-0.05, 0) is 53.9 Å². The van der Waals surface area contributed by atoms with Crippen LogP contribution in [0.25, 0.3) is 10.8 Å². The number of hydrogen-bond acceptors (Lipinski definition) is 8. The van der Waals surface area contributed by atoms with Crippen molar-refractivity contribution in [3.05, 3.63) is 88.7 Å². The summed E-state index contributed by atoms with van der Waals surface area (Å²) in [5.41, 5.74) is 1.50. The third kappa shape index (κ3) is 4.89. The van der Waals surface area contributed by atoms with Crippen LogP contribution in [0.5, 0.6) is 23.0 Å². The molecule has 0 unspecified atom stereocenters. The predicted molar refractivity (Wildman–Crippen MR) is 137 cm³/mol. The van der Waals surface area contributed by atoms with E-state index in [4.69, 9.17) is 35.4 Å². The van der Waals surface area contributed by atoms with Crippen molar-refractivity contribution in [2.75, 3.05) is 28.4 Å². The molecule has 0 fully saturated rings. The molecule has 0 bridgehead atoms. The number of ether oxygens (including phenoxy) is 4. The molecule has 0 amide bonds. The van der Waals surface area contributed by atoms with Crippen molar-refractivity contribution in [2.45, 2.75) is 0 Å². The maximum atomic E-state index is 12.8. The van der Waals surface area contributed by atoms with Gasteiger partial charge < -0.3 is 23.8 Å². The summed E-state index contributed by atoms with van der Waals surface area (Å²) in [6.07, 6.45) is 1.63. The van der Waals surface area contributed by atoms with E-state index in [1.165, 1.54) is 7.11 Å². The van der Waals surface area contributed by atoms with Gasteiger partial charge in [-0.15, -0.1) is 0 Å². The van der Waals surface area contributed by atoms with Crippen LogP contribution in [0.3, 0.4) is 0 Å². The van der Waals surface area contributed by atoms with E-state index in [9.17, 15) is 4.79 Å². The van der Waals surface area contributed by atoms with Gasteiger partial charge in [-0.1, -0.05) is 28.9 Å². The van der Waals surface area contributed by atoms with Gasteiger partial charge in [-0.3, -0.25) is 4.98 Å². The zero-order chi connectivity index (χ0) is 25.7. The number of benzene rings is 3. The Kier molecular flexibility index (Phi) is 7.56. The lowest BCUT2D eigenvalue weighted by molar-refractivity contribution is 0.0517. The van der Waals surface area contributed by atoms with Gasteiger partial charge in [0.1, 0.15) is 11.4 Å². The second kappa shape index (κ2) is 11.0. The molecule has 0 atom stereocenters. The van der Waals surface area contributed by atoms with E-state index < -0.39 is 5.97 Å². The molecule has 4 rings (SSSR count). The molecule has 0 radical (unpaired) electrons. The zero-order valence-corrected chi connectivity index (χ0v) is 20.8. The number of oxime groups is 1. The van der Waals surface area contributed by atoms with Crippen LogP contribution in [0.1, 0.15) is 21.6 Å². The van der Waals surface area contributed by atoms with E-state index in [0.717, 1.165) is 5.39 Å². The minimum Gasteiger partial charge on any atom is -0.493 e. The van der Waals surface area contributed by atoms with Crippen LogP contribution in [-0.4, -0.2) is 45.1 Å². The Morgan fingerprint density at radius 1 is 0.806 bits per heavy atom. The van der Waals surface area contributed by atoms with E-state index >= 15 is 0 Å². The molecule has 3 aromatic carbocycles. The number of pyridine rings is 1. The van der Waals surface area contributed by atoms with Gasteiger partial charge in [0.2, 0.25) is 0 Å². The zero-order valence-electron chi connectivity index (χ0n) is 20.1.